The first kappa shape index (κ1) is 12.6. The van der Waals surface area contributed by atoms with Crippen molar-refractivity contribution in [3.05, 3.63) is 0 Å². The van der Waals surface area contributed by atoms with Crippen LogP contribution in [0.15, 0.2) is 0 Å². The van der Waals surface area contributed by atoms with E-state index < -0.39 is 11.7 Å². The maximum Gasteiger partial charge on any atom is 0.405 e. The predicted molar refractivity (Wildman–Crippen MR) is 36.2 cm³/mol. The Kier molecular flexibility index (Phi) is 6.54. The molecule has 0 aliphatic rings. The van der Waals surface area contributed by atoms with Crippen molar-refractivity contribution in [1.82, 2.24) is 0 Å². The van der Waals surface area contributed by atoms with Gasteiger partial charge < -0.3 is 10.5 Å². The molecule has 0 aliphatic carbocycles. The van der Waals surface area contributed by atoms with Crippen LogP contribution < -0.4 is 5.73 Å². The van der Waals surface area contributed by atoms with Gasteiger partial charge in [-0.3, -0.25) is 0 Å². The Bertz CT molecular complexity index is 97.6. The van der Waals surface area contributed by atoms with E-state index in [0.717, 1.165) is 0 Å². The van der Waals surface area contributed by atoms with Crippen LogP contribution >= 0.6 is 0 Å². The van der Waals surface area contributed by atoms with E-state index >= 15 is 0 Å². The second-order valence-electron chi connectivity index (χ2n) is 2.53. The van der Waals surface area contributed by atoms with Gasteiger partial charge in [-0.25, -0.2) is 4.79 Å². The molecular formula is C5H11KNO2. The number of hydrogen-bond donors (Lipinski definition) is 1. The van der Waals surface area contributed by atoms with Gasteiger partial charge in [-0.1, -0.05) is 0 Å². The summed E-state index contributed by atoms with van der Waals surface area (Å²) >= 11 is 0. The van der Waals surface area contributed by atoms with Crippen molar-refractivity contribution in [1.29, 1.82) is 0 Å². The van der Waals surface area contributed by atoms with Gasteiger partial charge in [0.1, 0.15) is 5.60 Å². The third-order valence-electron chi connectivity index (χ3n) is 0.407. The largest absolute Gasteiger partial charge is 0.444 e. The maximum atomic E-state index is 10.0. The van der Waals surface area contributed by atoms with Crippen molar-refractivity contribution in [2.75, 3.05) is 0 Å². The SMILES string of the molecule is CC(C)(C)OC(N)=O.[K]. The van der Waals surface area contributed by atoms with Crippen LogP contribution in [-0.4, -0.2) is 63.1 Å². The fourth-order valence-electron chi connectivity index (χ4n) is 0.302. The molecule has 1 radical (unpaired) electrons. The number of carbonyl (C=O) groups excluding carboxylic acids is 1. The van der Waals surface area contributed by atoms with Crippen LogP contribution in [0.1, 0.15) is 20.8 Å². The summed E-state index contributed by atoms with van der Waals surface area (Å²) in [6.45, 7) is 5.28. The van der Waals surface area contributed by atoms with Gasteiger partial charge in [-0.2, -0.15) is 0 Å². The van der Waals surface area contributed by atoms with E-state index in [4.69, 9.17) is 5.73 Å². The minimum absolute atomic E-state index is 0. The molecule has 0 rings (SSSR count). The molecule has 4 heteroatoms. The Labute approximate surface area is 97.7 Å². The van der Waals surface area contributed by atoms with Crippen molar-refractivity contribution in [3.63, 3.8) is 0 Å². The second kappa shape index (κ2) is 4.68. The summed E-state index contributed by atoms with van der Waals surface area (Å²) in [4.78, 5) is 10.0. The zero-order valence-corrected chi connectivity index (χ0v) is 9.52. The quantitative estimate of drug-likeness (QED) is 0.519. The summed E-state index contributed by atoms with van der Waals surface area (Å²) in [7, 11) is 0. The van der Waals surface area contributed by atoms with Gasteiger partial charge >= 0.3 is 6.09 Å². The summed E-state index contributed by atoms with van der Waals surface area (Å²) in [5.74, 6) is 0. The average molecular weight is 156 g/mol. The molecule has 0 unspecified atom stereocenters. The molecular weight excluding hydrogens is 145 g/mol. The number of hydrogen-bond acceptors (Lipinski definition) is 2. The number of rotatable bonds is 0. The smallest absolute Gasteiger partial charge is 0.405 e. The summed E-state index contributed by atoms with van der Waals surface area (Å²) < 4.78 is 4.58. The summed E-state index contributed by atoms with van der Waals surface area (Å²) in [5, 5.41) is 0. The molecule has 0 saturated carbocycles. The number of amides is 1. The van der Waals surface area contributed by atoms with Gasteiger partial charge in [0.25, 0.3) is 0 Å². The monoisotopic (exact) mass is 156 g/mol. The zero-order chi connectivity index (χ0) is 6.78. The molecule has 0 heterocycles. The van der Waals surface area contributed by atoms with Crippen molar-refractivity contribution >= 4 is 57.5 Å². The fourth-order valence-corrected chi connectivity index (χ4v) is 0.302. The number of carbonyl (C=O) groups is 1. The van der Waals surface area contributed by atoms with Crippen molar-refractivity contribution in [2.45, 2.75) is 26.4 Å². The van der Waals surface area contributed by atoms with Gasteiger partial charge in [-0.05, 0) is 20.8 Å². The van der Waals surface area contributed by atoms with Gasteiger partial charge in [0, 0.05) is 51.4 Å². The Morgan fingerprint density at radius 2 is 1.78 bits per heavy atom. The van der Waals surface area contributed by atoms with E-state index in [1.807, 2.05) is 0 Å². The summed E-state index contributed by atoms with van der Waals surface area (Å²) in [5.41, 5.74) is 4.26. The number of primary amides is 1. The topological polar surface area (TPSA) is 52.3 Å². The first-order chi connectivity index (χ1) is 3.42. The van der Waals surface area contributed by atoms with Crippen LogP contribution in [0.2, 0.25) is 0 Å². The molecule has 3 nitrogen and oxygen atoms in total. The Balaban J connectivity index is 0. The molecule has 49 valence electrons. The summed E-state index contributed by atoms with van der Waals surface area (Å²) in [6.07, 6.45) is -0.725. The molecule has 0 aliphatic heterocycles. The van der Waals surface area contributed by atoms with Crippen molar-refractivity contribution < 1.29 is 9.53 Å². The van der Waals surface area contributed by atoms with Gasteiger partial charge in [-0.15, -0.1) is 0 Å². The van der Waals surface area contributed by atoms with Crippen LogP contribution in [0.4, 0.5) is 4.79 Å². The minimum Gasteiger partial charge on any atom is -0.444 e. The maximum absolute atomic E-state index is 10.0. The molecule has 0 saturated heterocycles. The molecule has 0 bridgehead atoms. The average Bonchev–Trinajstić information content (AvgIpc) is 1.21. The van der Waals surface area contributed by atoms with Crippen LogP contribution in [0, 0.1) is 0 Å². The molecule has 0 atom stereocenters. The molecule has 0 fully saturated rings. The van der Waals surface area contributed by atoms with E-state index in [1.165, 1.54) is 0 Å². The molecule has 1 amide bonds. The molecule has 0 aromatic heterocycles. The Morgan fingerprint density at radius 1 is 1.44 bits per heavy atom. The van der Waals surface area contributed by atoms with Crippen LogP contribution in [0.3, 0.4) is 0 Å². The van der Waals surface area contributed by atoms with E-state index in [9.17, 15) is 4.79 Å². The molecule has 0 aromatic carbocycles. The first-order valence-electron chi connectivity index (χ1n) is 2.40. The van der Waals surface area contributed by atoms with Gasteiger partial charge in [0.2, 0.25) is 0 Å². The van der Waals surface area contributed by atoms with Crippen molar-refractivity contribution in [3.8, 4) is 0 Å². The third kappa shape index (κ3) is 12.2. The van der Waals surface area contributed by atoms with E-state index in [-0.39, 0.29) is 51.4 Å². The Morgan fingerprint density at radius 3 is 1.78 bits per heavy atom. The van der Waals surface area contributed by atoms with E-state index in [0.29, 0.717) is 0 Å². The zero-order valence-electron chi connectivity index (χ0n) is 6.39. The second-order valence-corrected chi connectivity index (χ2v) is 2.53. The number of ether oxygens (including phenoxy) is 1. The standard InChI is InChI=1S/C5H11NO2.K/c1-5(2,3)8-4(6)7;/h1-3H3,(H2,6,7);. The Hall–Kier alpha value is 0.906. The van der Waals surface area contributed by atoms with E-state index in [2.05, 4.69) is 4.74 Å². The molecule has 0 aromatic rings. The van der Waals surface area contributed by atoms with Gasteiger partial charge in [0.05, 0.1) is 0 Å². The number of nitrogens with two attached hydrogens (primary N) is 1. The molecule has 9 heavy (non-hydrogen) atoms. The molecule has 0 spiro atoms. The normalized spacial score (nSPS) is 9.67. The minimum atomic E-state index is -0.725. The third-order valence-corrected chi connectivity index (χ3v) is 0.407. The van der Waals surface area contributed by atoms with Crippen LogP contribution in [-0.2, 0) is 4.74 Å². The van der Waals surface area contributed by atoms with Crippen LogP contribution in [0.25, 0.3) is 0 Å². The fraction of sp³-hybridized carbons (Fsp3) is 0.800. The van der Waals surface area contributed by atoms with Gasteiger partial charge in [0.15, 0.2) is 0 Å². The molecule has 2 N–H and O–H groups in total. The van der Waals surface area contributed by atoms with Crippen LogP contribution in [0.5, 0.6) is 0 Å². The summed E-state index contributed by atoms with van der Waals surface area (Å²) in [6, 6.07) is 0. The predicted octanol–water partition coefficient (Wildman–Crippen LogP) is 0.499. The van der Waals surface area contributed by atoms with E-state index in [1.54, 1.807) is 20.8 Å². The first-order valence-corrected chi connectivity index (χ1v) is 2.40. The van der Waals surface area contributed by atoms with Crippen molar-refractivity contribution in [2.24, 2.45) is 5.73 Å².